The lowest BCUT2D eigenvalue weighted by Crippen LogP contribution is -2.06. The molecule has 1 aliphatic rings. The molecule has 1 saturated carbocycles. The van der Waals surface area contributed by atoms with E-state index in [4.69, 9.17) is 5.73 Å². The van der Waals surface area contributed by atoms with Crippen LogP contribution in [0.5, 0.6) is 0 Å². The molecule has 0 atom stereocenters. The number of benzene rings is 1. The topological polar surface area (TPSA) is 43.8 Å². The van der Waals surface area contributed by atoms with Gasteiger partial charge in [0.05, 0.1) is 11.0 Å². The molecule has 0 unspecified atom stereocenters. The van der Waals surface area contributed by atoms with Gasteiger partial charge in [-0.25, -0.2) is 4.98 Å². The molecule has 3 nitrogen and oxygen atoms in total. The van der Waals surface area contributed by atoms with Crippen LogP contribution in [0.4, 0.5) is 5.95 Å². The minimum atomic E-state index is 0.664. The lowest BCUT2D eigenvalue weighted by Gasteiger charge is -2.11. The summed E-state index contributed by atoms with van der Waals surface area (Å²) in [5.74, 6) is 1.56. The van der Waals surface area contributed by atoms with Crippen LogP contribution in [0.2, 0.25) is 0 Å². The molecule has 1 heterocycles. The SMILES string of the molecule is Cc1cccc2c1nc(N)n2CCC1CCCC1. The highest BCUT2D eigenvalue weighted by Crippen LogP contribution is 2.29. The summed E-state index contributed by atoms with van der Waals surface area (Å²) >= 11 is 0. The predicted octanol–water partition coefficient (Wildman–Crippen LogP) is 3.51. The van der Waals surface area contributed by atoms with Gasteiger partial charge in [0.1, 0.15) is 0 Å². The van der Waals surface area contributed by atoms with Crippen LogP contribution in [0.25, 0.3) is 11.0 Å². The Bertz CT molecular complexity index is 550. The number of rotatable bonds is 3. The first-order valence-corrected chi connectivity index (χ1v) is 6.97. The van der Waals surface area contributed by atoms with Gasteiger partial charge in [0, 0.05) is 6.54 Å². The van der Waals surface area contributed by atoms with Gasteiger partial charge in [0.2, 0.25) is 5.95 Å². The molecule has 3 heteroatoms. The zero-order valence-corrected chi connectivity index (χ0v) is 11.0. The van der Waals surface area contributed by atoms with Gasteiger partial charge in [0.15, 0.2) is 0 Å². The summed E-state index contributed by atoms with van der Waals surface area (Å²) in [6.45, 7) is 3.10. The maximum atomic E-state index is 6.06. The van der Waals surface area contributed by atoms with E-state index in [1.165, 1.54) is 43.2 Å². The van der Waals surface area contributed by atoms with E-state index in [1.807, 2.05) is 0 Å². The molecule has 0 aliphatic heterocycles. The van der Waals surface area contributed by atoms with E-state index in [0.29, 0.717) is 5.95 Å². The van der Waals surface area contributed by atoms with E-state index in [-0.39, 0.29) is 0 Å². The van der Waals surface area contributed by atoms with E-state index in [9.17, 15) is 0 Å². The molecule has 1 aromatic heterocycles. The predicted molar refractivity (Wildman–Crippen MR) is 75.5 cm³/mol. The largest absolute Gasteiger partial charge is 0.369 e. The van der Waals surface area contributed by atoms with Crippen molar-refractivity contribution in [2.24, 2.45) is 5.92 Å². The van der Waals surface area contributed by atoms with Gasteiger partial charge >= 0.3 is 0 Å². The first kappa shape index (κ1) is 11.6. The summed E-state index contributed by atoms with van der Waals surface area (Å²) in [5.41, 5.74) is 9.51. The molecule has 96 valence electrons. The van der Waals surface area contributed by atoms with Gasteiger partial charge in [0.25, 0.3) is 0 Å². The molecular weight excluding hydrogens is 222 g/mol. The molecule has 0 radical (unpaired) electrons. The fourth-order valence-corrected chi connectivity index (χ4v) is 3.15. The number of aryl methyl sites for hydroxylation is 2. The number of imidazole rings is 1. The van der Waals surface area contributed by atoms with Crippen molar-refractivity contribution in [1.82, 2.24) is 9.55 Å². The molecular formula is C15H21N3. The molecule has 0 amide bonds. The van der Waals surface area contributed by atoms with Crippen molar-refractivity contribution < 1.29 is 0 Å². The standard InChI is InChI=1S/C15H21N3/c1-11-5-4-8-13-14(11)17-15(16)18(13)10-9-12-6-2-3-7-12/h4-5,8,12H,2-3,6-7,9-10H2,1H3,(H2,16,17). The summed E-state index contributed by atoms with van der Waals surface area (Å²) in [6.07, 6.45) is 6.84. The Morgan fingerprint density at radius 3 is 2.89 bits per heavy atom. The summed E-state index contributed by atoms with van der Waals surface area (Å²) in [6, 6.07) is 6.31. The average molecular weight is 243 g/mol. The minimum Gasteiger partial charge on any atom is -0.369 e. The Morgan fingerprint density at radius 1 is 1.33 bits per heavy atom. The quantitative estimate of drug-likeness (QED) is 0.896. The smallest absolute Gasteiger partial charge is 0.201 e. The number of anilines is 1. The molecule has 0 bridgehead atoms. The van der Waals surface area contributed by atoms with Crippen molar-refractivity contribution in [2.75, 3.05) is 5.73 Å². The minimum absolute atomic E-state index is 0.664. The van der Waals surface area contributed by atoms with Crippen molar-refractivity contribution in [1.29, 1.82) is 0 Å². The van der Waals surface area contributed by atoms with Crippen LogP contribution < -0.4 is 5.73 Å². The van der Waals surface area contributed by atoms with E-state index in [2.05, 4.69) is 34.7 Å². The van der Waals surface area contributed by atoms with Gasteiger partial charge in [-0.1, -0.05) is 37.8 Å². The third-order valence-corrected chi connectivity index (χ3v) is 4.25. The van der Waals surface area contributed by atoms with Crippen molar-refractivity contribution in [3.8, 4) is 0 Å². The number of hydrogen-bond donors (Lipinski definition) is 1. The normalized spacial score (nSPS) is 16.7. The molecule has 18 heavy (non-hydrogen) atoms. The summed E-state index contributed by atoms with van der Waals surface area (Å²) in [4.78, 5) is 4.50. The Balaban J connectivity index is 1.86. The van der Waals surface area contributed by atoms with Gasteiger partial charge in [-0.05, 0) is 30.9 Å². The fourth-order valence-electron chi connectivity index (χ4n) is 3.15. The van der Waals surface area contributed by atoms with Crippen LogP contribution in [0, 0.1) is 12.8 Å². The fraction of sp³-hybridized carbons (Fsp3) is 0.533. The molecule has 3 rings (SSSR count). The number of fused-ring (bicyclic) bond motifs is 1. The van der Waals surface area contributed by atoms with E-state index in [0.717, 1.165) is 18.0 Å². The van der Waals surface area contributed by atoms with Crippen LogP contribution in [0.15, 0.2) is 18.2 Å². The number of aromatic nitrogens is 2. The highest BCUT2D eigenvalue weighted by molar-refractivity contribution is 5.81. The molecule has 0 spiro atoms. The molecule has 1 aliphatic carbocycles. The van der Waals surface area contributed by atoms with Gasteiger partial charge in [-0.15, -0.1) is 0 Å². The highest BCUT2D eigenvalue weighted by atomic mass is 15.1. The summed E-state index contributed by atoms with van der Waals surface area (Å²) in [7, 11) is 0. The monoisotopic (exact) mass is 243 g/mol. The second kappa shape index (κ2) is 4.63. The van der Waals surface area contributed by atoms with Crippen molar-refractivity contribution in [2.45, 2.75) is 45.6 Å². The highest BCUT2D eigenvalue weighted by Gasteiger charge is 2.16. The lowest BCUT2D eigenvalue weighted by molar-refractivity contribution is 0.464. The maximum absolute atomic E-state index is 6.06. The Kier molecular flexibility index (Phi) is 2.98. The maximum Gasteiger partial charge on any atom is 0.201 e. The Labute approximate surface area is 108 Å². The van der Waals surface area contributed by atoms with E-state index in [1.54, 1.807) is 0 Å². The third-order valence-electron chi connectivity index (χ3n) is 4.25. The van der Waals surface area contributed by atoms with Gasteiger partial charge < -0.3 is 10.3 Å². The molecule has 2 aromatic rings. The van der Waals surface area contributed by atoms with E-state index >= 15 is 0 Å². The summed E-state index contributed by atoms with van der Waals surface area (Å²) < 4.78 is 2.18. The second-order valence-electron chi connectivity index (χ2n) is 5.50. The number of nitrogens with zero attached hydrogens (tertiary/aromatic N) is 2. The van der Waals surface area contributed by atoms with Crippen molar-refractivity contribution >= 4 is 17.0 Å². The lowest BCUT2D eigenvalue weighted by atomic mass is 10.0. The number of nitrogens with two attached hydrogens (primary N) is 1. The zero-order valence-electron chi connectivity index (χ0n) is 11.0. The van der Waals surface area contributed by atoms with Crippen molar-refractivity contribution in [3.05, 3.63) is 23.8 Å². The molecule has 0 saturated heterocycles. The van der Waals surface area contributed by atoms with Crippen LogP contribution in [-0.2, 0) is 6.54 Å². The van der Waals surface area contributed by atoms with Crippen LogP contribution in [0.3, 0.4) is 0 Å². The van der Waals surface area contributed by atoms with Crippen molar-refractivity contribution in [3.63, 3.8) is 0 Å². The van der Waals surface area contributed by atoms with Gasteiger partial charge in [-0.2, -0.15) is 0 Å². The van der Waals surface area contributed by atoms with Crippen LogP contribution in [0.1, 0.15) is 37.7 Å². The number of hydrogen-bond acceptors (Lipinski definition) is 2. The van der Waals surface area contributed by atoms with Crippen LogP contribution in [-0.4, -0.2) is 9.55 Å². The number of para-hydroxylation sites is 1. The molecule has 1 aromatic carbocycles. The molecule has 2 N–H and O–H groups in total. The average Bonchev–Trinajstić information content (AvgIpc) is 2.95. The Morgan fingerprint density at radius 2 is 2.11 bits per heavy atom. The molecule has 1 fully saturated rings. The van der Waals surface area contributed by atoms with E-state index < -0.39 is 0 Å². The third kappa shape index (κ3) is 1.98. The number of nitrogen functional groups attached to an aromatic ring is 1. The first-order chi connectivity index (χ1) is 8.75. The Hall–Kier alpha value is -1.51. The zero-order chi connectivity index (χ0) is 12.5. The first-order valence-electron chi connectivity index (χ1n) is 6.97. The van der Waals surface area contributed by atoms with Crippen LogP contribution >= 0.6 is 0 Å². The summed E-state index contributed by atoms with van der Waals surface area (Å²) in [5, 5.41) is 0. The second-order valence-corrected chi connectivity index (χ2v) is 5.50. The van der Waals surface area contributed by atoms with Gasteiger partial charge in [-0.3, -0.25) is 0 Å².